The monoisotopic (exact) mass is 476 g/mol. The highest BCUT2D eigenvalue weighted by Crippen LogP contribution is 2.21. The maximum Gasteiger partial charge on any atom is 0.259 e. The molecule has 1 aromatic heterocycles. The number of rotatable bonds is 8. The number of likely N-dealkylation sites (N-methyl/N-ethyl adjacent to an activating group) is 1. The molecule has 3 heterocycles. The summed E-state index contributed by atoms with van der Waals surface area (Å²) in [5.41, 5.74) is 3.31. The Morgan fingerprint density at radius 3 is 2.49 bits per heavy atom. The molecule has 2 aliphatic heterocycles. The van der Waals surface area contributed by atoms with Gasteiger partial charge in [-0.05, 0) is 44.8 Å². The second-order valence-electron chi connectivity index (χ2n) is 9.77. The van der Waals surface area contributed by atoms with Crippen molar-refractivity contribution >= 4 is 12.0 Å². The van der Waals surface area contributed by atoms with Crippen molar-refractivity contribution in [3.8, 4) is 0 Å². The fourth-order valence-corrected chi connectivity index (χ4v) is 5.60. The average molecular weight is 477 g/mol. The van der Waals surface area contributed by atoms with Crippen LogP contribution >= 0.6 is 0 Å². The Bertz CT molecular complexity index is 1080. The number of hydrogen-bond donors (Lipinski definition) is 0. The number of carbonyl (C=O) groups is 1. The number of nitrogens with zero attached hydrogens (tertiary/aromatic N) is 4. The number of benzene rings is 1. The Morgan fingerprint density at radius 2 is 1.80 bits per heavy atom. The summed E-state index contributed by atoms with van der Waals surface area (Å²) in [5.74, 6) is -0.0983. The van der Waals surface area contributed by atoms with E-state index in [1.54, 1.807) is 6.07 Å². The topological polar surface area (TPSA) is 48.8 Å². The minimum absolute atomic E-state index is 0.0983. The Morgan fingerprint density at radius 1 is 1.06 bits per heavy atom. The van der Waals surface area contributed by atoms with Gasteiger partial charge in [0.05, 0.1) is 0 Å². The van der Waals surface area contributed by atoms with Crippen LogP contribution in [-0.4, -0.2) is 77.0 Å². The van der Waals surface area contributed by atoms with Crippen molar-refractivity contribution in [1.82, 2.24) is 19.3 Å². The minimum atomic E-state index is -0.132. The molecule has 1 atom stereocenters. The highest BCUT2D eigenvalue weighted by atomic mass is 16.2. The quantitative estimate of drug-likeness (QED) is 0.583. The molecule has 6 nitrogen and oxygen atoms in total. The van der Waals surface area contributed by atoms with E-state index in [2.05, 4.69) is 52.5 Å². The van der Waals surface area contributed by atoms with Gasteiger partial charge >= 0.3 is 0 Å². The first-order valence-electron chi connectivity index (χ1n) is 13.2. The van der Waals surface area contributed by atoms with Crippen molar-refractivity contribution in [2.45, 2.75) is 52.6 Å². The predicted octanol–water partition coefficient (Wildman–Crippen LogP) is 3.67. The fraction of sp³-hybridized carbons (Fsp3) is 0.517. The molecule has 35 heavy (non-hydrogen) atoms. The zero-order valence-corrected chi connectivity index (χ0v) is 21.6. The van der Waals surface area contributed by atoms with Crippen LogP contribution in [0.25, 0.3) is 6.08 Å². The van der Waals surface area contributed by atoms with Crippen molar-refractivity contribution in [2.24, 2.45) is 0 Å². The molecule has 0 radical (unpaired) electrons. The lowest BCUT2D eigenvalue weighted by Crippen LogP contribution is -2.50. The molecule has 0 spiro atoms. The molecular formula is C29H40N4O2. The lowest BCUT2D eigenvalue weighted by atomic mass is 10.1. The van der Waals surface area contributed by atoms with Gasteiger partial charge in [0.25, 0.3) is 5.91 Å². The first kappa shape index (κ1) is 25.4. The van der Waals surface area contributed by atoms with E-state index in [-0.39, 0.29) is 11.3 Å². The second kappa shape index (κ2) is 11.8. The van der Waals surface area contributed by atoms with Crippen LogP contribution in [0.5, 0.6) is 0 Å². The van der Waals surface area contributed by atoms with Gasteiger partial charge in [-0.15, -0.1) is 0 Å². The summed E-state index contributed by atoms with van der Waals surface area (Å²) in [4.78, 5) is 33.4. The van der Waals surface area contributed by atoms with Crippen molar-refractivity contribution in [3.05, 3.63) is 75.2 Å². The zero-order valence-electron chi connectivity index (χ0n) is 21.6. The third kappa shape index (κ3) is 5.93. The van der Waals surface area contributed by atoms with Crippen LogP contribution in [0.15, 0.2) is 47.3 Å². The number of amides is 1. The van der Waals surface area contributed by atoms with E-state index >= 15 is 0 Å². The van der Waals surface area contributed by atoms with E-state index in [0.717, 1.165) is 50.7 Å². The van der Waals surface area contributed by atoms with Crippen molar-refractivity contribution in [2.75, 3.05) is 45.8 Å². The maximum atomic E-state index is 13.6. The number of likely N-dealkylation sites (tertiary alicyclic amines) is 1. The smallest absolute Gasteiger partial charge is 0.259 e. The number of aryl methyl sites for hydroxylation is 1. The van der Waals surface area contributed by atoms with Crippen molar-refractivity contribution in [1.29, 1.82) is 0 Å². The third-order valence-corrected chi connectivity index (χ3v) is 7.61. The summed E-state index contributed by atoms with van der Waals surface area (Å²) in [6.07, 6.45) is 7.40. The summed E-state index contributed by atoms with van der Waals surface area (Å²) >= 11 is 0. The van der Waals surface area contributed by atoms with Gasteiger partial charge in [0, 0.05) is 62.8 Å². The highest BCUT2D eigenvalue weighted by Gasteiger charge is 2.29. The molecule has 188 valence electrons. The SMILES string of the molecule is CCc1c(C(=O)N2CCN(CC=Cc3ccccc3)CC2)c(=O)cc(C)n1CC1CCCN1CC. The molecule has 0 N–H and O–H groups in total. The fourth-order valence-electron chi connectivity index (χ4n) is 5.60. The number of aromatic nitrogens is 1. The highest BCUT2D eigenvalue weighted by molar-refractivity contribution is 5.95. The molecule has 6 heteroatoms. The van der Waals surface area contributed by atoms with E-state index in [1.165, 1.54) is 18.4 Å². The molecule has 2 aromatic rings. The van der Waals surface area contributed by atoms with Crippen molar-refractivity contribution in [3.63, 3.8) is 0 Å². The standard InChI is InChI=1S/C29H40N4O2/c1-4-26-28(27(34)21-23(3)33(26)22-25-14-10-16-31(25)5-2)29(35)32-19-17-30(18-20-32)15-9-13-24-11-7-6-8-12-24/h6-9,11-13,21,25H,4-5,10,14-20,22H2,1-3H3. The van der Waals surface area contributed by atoms with Crippen LogP contribution in [0.3, 0.4) is 0 Å². The Hall–Kier alpha value is -2.70. The first-order valence-corrected chi connectivity index (χ1v) is 13.2. The van der Waals surface area contributed by atoms with Crippen LogP contribution in [0.2, 0.25) is 0 Å². The van der Waals surface area contributed by atoms with Crippen LogP contribution in [0.4, 0.5) is 0 Å². The summed E-state index contributed by atoms with van der Waals surface area (Å²) in [7, 11) is 0. The molecule has 0 saturated carbocycles. The molecule has 2 aliphatic rings. The average Bonchev–Trinajstić information content (AvgIpc) is 3.33. The molecule has 4 rings (SSSR count). The van der Waals surface area contributed by atoms with Gasteiger partial charge < -0.3 is 9.47 Å². The molecular weight excluding hydrogens is 436 g/mol. The lowest BCUT2D eigenvalue weighted by molar-refractivity contribution is 0.0646. The number of hydrogen-bond acceptors (Lipinski definition) is 4. The molecule has 1 unspecified atom stereocenters. The van der Waals surface area contributed by atoms with E-state index in [0.29, 0.717) is 31.1 Å². The number of pyridine rings is 1. The van der Waals surface area contributed by atoms with Crippen molar-refractivity contribution < 1.29 is 4.79 Å². The van der Waals surface area contributed by atoms with Gasteiger partial charge in [0.15, 0.2) is 5.43 Å². The lowest BCUT2D eigenvalue weighted by Gasteiger charge is -2.35. The van der Waals surface area contributed by atoms with E-state index in [4.69, 9.17) is 0 Å². The number of carbonyl (C=O) groups excluding carboxylic acids is 1. The minimum Gasteiger partial charge on any atom is -0.346 e. The maximum absolute atomic E-state index is 13.6. The molecule has 1 aromatic carbocycles. The summed E-state index contributed by atoms with van der Waals surface area (Å²) in [5, 5.41) is 0. The van der Waals surface area contributed by atoms with Crippen LogP contribution in [-0.2, 0) is 13.0 Å². The van der Waals surface area contributed by atoms with Gasteiger partial charge in [-0.1, -0.05) is 56.3 Å². The zero-order chi connectivity index (χ0) is 24.8. The summed E-state index contributed by atoms with van der Waals surface area (Å²) < 4.78 is 2.25. The first-order chi connectivity index (χ1) is 17.0. The van der Waals surface area contributed by atoms with E-state index in [1.807, 2.05) is 30.0 Å². The molecule has 1 amide bonds. The Kier molecular flexibility index (Phi) is 8.58. The van der Waals surface area contributed by atoms with Gasteiger partial charge in [0.1, 0.15) is 5.56 Å². The predicted molar refractivity (Wildman–Crippen MR) is 143 cm³/mol. The van der Waals surface area contributed by atoms with Gasteiger partial charge in [-0.2, -0.15) is 0 Å². The van der Waals surface area contributed by atoms with Gasteiger partial charge in [0.2, 0.25) is 0 Å². The molecule has 2 fully saturated rings. The normalized spacial score (nSPS) is 19.6. The summed E-state index contributed by atoms with van der Waals surface area (Å²) in [6.45, 7) is 13.1. The van der Waals surface area contributed by atoms with Gasteiger partial charge in [-0.3, -0.25) is 19.4 Å². The summed E-state index contributed by atoms with van der Waals surface area (Å²) in [6, 6.07) is 12.4. The molecule has 2 saturated heterocycles. The van der Waals surface area contributed by atoms with Crippen LogP contribution < -0.4 is 5.43 Å². The second-order valence-corrected chi connectivity index (χ2v) is 9.77. The molecule has 0 bridgehead atoms. The Labute approximate surface area is 209 Å². The number of piperazine rings is 1. The van der Waals surface area contributed by atoms with Crippen LogP contribution in [0.1, 0.15) is 54.0 Å². The molecule has 0 aliphatic carbocycles. The van der Waals surface area contributed by atoms with E-state index in [9.17, 15) is 9.59 Å². The van der Waals surface area contributed by atoms with Crippen LogP contribution in [0, 0.1) is 6.92 Å². The van der Waals surface area contributed by atoms with Gasteiger partial charge in [-0.25, -0.2) is 0 Å². The third-order valence-electron chi connectivity index (χ3n) is 7.61. The van der Waals surface area contributed by atoms with E-state index < -0.39 is 0 Å². The largest absolute Gasteiger partial charge is 0.346 e. The Balaban J connectivity index is 1.44.